The summed E-state index contributed by atoms with van der Waals surface area (Å²) in [5.41, 5.74) is 3.06. The van der Waals surface area contributed by atoms with Crippen molar-refractivity contribution in [2.75, 3.05) is 13.1 Å². The second kappa shape index (κ2) is 7.29. The lowest BCUT2D eigenvalue weighted by Gasteiger charge is -2.46. The molecule has 0 spiro atoms. The van der Waals surface area contributed by atoms with Crippen molar-refractivity contribution >= 4 is 0 Å². The van der Waals surface area contributed by atoms with Crippen molar-refractivity contribution in [2.24, 2.45) is 0 Å². The number of piperazine rings is 1. The van der Waals surface area contributed by atoms with Crippen LogP contribution in [0.5, 0.6) is 0 Å². The second-order valence-electron chi connectivity index (χ2n) is 7.03. The molecular weight excluding hydrogens is 280 g/mol. The Morgan fingerprint density at radius 1 is 1.00 bits per heavy atom. The maximum atomic E-state index is 3.79. The lowest BCUT2D eigenvalue weighted by atomic mass is 9.91. The summed E-state index contributed by atoms with van der Waals surface area (Å²) in [4.78, 5) is 2.67. The normalized spacial score (nSPS) is 25.4. The maximum Gasteiger partial charge on any atom is 0.0278 e. The summed E-state index contributed by atoms with van der Waals surface area (Å²) in [6.07, 6.45) is 2.27. The van der Waals surface area contributed by atoms with E-state index in [4.69, 9.17) is 0 Å². The smallest absolute Gasteiger partial charge is 0.0278 e. The molecule has 3 rings (SSSR count). The Morgan fingerprint density at radius 2 is 1.61 bits per heavy atom. The molecule has 0 radical (unpaired) electrons. The first-order valence-corrected chi connectivity index (χ1v) is 8.75. The largest absolute Gasteiger partial charge is 0.309 e. The monoisotopic (exact) mass is 308 g/mol. The Morgan fingerprint density at radius 3 is 2.22 bits per heavy atom. The predicted molar refractivity (Wildman–Crippen MR) is 97.5 cm³/mol. The molecule has 1 aliphatic rings. The molecule has 122 valence electrons. The molecule has 1 fully saturated rings. The van der Waals surface area contributed by atoms with Gasteiger partial charge < -0.3 is 5.32 Å². The number of rotatable bonds is 5. The van der Waals surface area contributed by atoms with Crippen molar-refractivity contribution in [3.05, 3.63) is 71.8 Å². The van der Waals surface area contributed by atoms with Gasteiger partial charge in [0, 0.05) is 31.2 Å². The van der Waals surface area contributed by atoms with E-state index in [9.17, 15) is 0 Å². The van der Waals surface area contributed by atoms with Crippen LogP contribution in [0.4, 0.5) is 0 Å². The zero-order valence-corrected chi connectivity index (χ0v) is 14.3. The van der Waals surface area contributed by atoms with Crippen molar-refractivity contribution in [1.82, 2.24) is 10.2 Å². The molecule has 2 heteroatoms. The average Bonchev–Trinajstić information content (AvgIpc) is 2.59. The fourth-order valence-electron chi connectivity index (χ4n) is 3.45. The Balaban J connectivity index is 1.76. The van der Waals surface area contributed by atoms with Crippen molar-refractivity contribution in [3.63, 3.8) is 0 Å². The quantitative estimate of drug-likeness (QED) is 0.902. The molecule has 2 unspecified atom stereocenters. The third kappa shape index (κ3) is 4.21. The molecule has 1 saturated heterocycles. The first-order chi connectivity index (χ1) is 11.2. The molecule has 0 amide bonds. The van der Waals surface area contributed by atoms with Gasteiger partial charge in [-0.25, -0.2) is 0 Å². The number of nitrogens with one attached hydrogen (secondary N) is 1. The van der Waals surface area contributed by atoms with Gasteiger partial charge in [-0.05, 0) is 30.9 Å². The van der Waals surface area contributed by atoms with Gasteiger partial charge in [-0.2, -0.15) is 0 Å². The Labute approximate surface area is 140 Å². The summed E-state index contributed by atoms with van der Waals surface area (Å²) < 4.78 is 0. The molecule has 0 aliphatic carbocycles. The molecule has 1 aliphatic heterocycles. The first-order valence-electron chi connectivity index (χ1n) is 8.75. The molecule has 0 bridgehead atoms. The van der Waals surface area contributed by atoms with Crippen LogP contribution in [0, 0.1) is 0 Å². The van der Waals surface area contributed by atoms with E-state index in [1.807, 2.05) is 0 Å². The number of hydrogen-bond donors (Lipinski definition) is 1. The van der Waals surface area contributed by atoms with Gasteiger partial charge in [0.05, 0.1) is 0 Å². The Bertz CT molecular complexity index is 596. The van der Waals surface area contributed by atoms with Crippen LogP contribution in [-0.2, 0) is 13.0 Å². The van der Waals surface area contributed by atoms with E-state index in [0.29, 0.717) is 6.04 Å². The summed E-state index contributed by atoms with van der Waals surface area (Å²) in [5.74, 6) is 0. The van der Waals surface area contributed by atoms with E-state index in [1.54, 1.807) is 0 Å². The first kappa shape index (κ1) is 16.2. The highest BCUT2D eigenvalue weighted by Gasteiger charge is 2.34. The van der Waals surface area contributed by atoms with Crippen molar-refractivity contribution in [2.45, 2.75) is 44.8 Å². The highest BCUT2D eigenvalue weighted by Crippen LogP contribution is 2.23. The van der Waals surface area contributed by atoms with Gasteiger partial charge >= 0.3 is 0 Å². The van der Waals surface area contributed by atoms with Gasteiger partial charge in [-0.1, -0.05) is 67.6 Å². The lowest BCUT2D eigenvalue weighted by molar-refractivity contribution is 0.0775. The minimum Gasteiger partial charge on any atom is -0.309 e. The molecule has 2 aromatic carbocycles. The van der Waals surface area contributed by atoms with Crippen LogP contribution < -0.4 is 5.32 Å². The van der Waals surface area contributed by atoms with Gasteiger partial charge in [0.15, 0.2) is 0 Å². The fourth-order valence-corrected chi connectivity index (χ4v) is 3.45. The zero-order valence-electron chi connectivity index (χ0n) is 14.3. The maximum absolute atomic E-state index is 3.79. The summed E-state index contributed by atoms with van der Waals surface area (Å²) in [6, 6.07) is 22.3. The van der Waals surface area contributed by atoms with Gasteiger partial charge in [0.1, 0.15) is 0 Å². The van der Waals surface area contributed by atoms with Crippen LogP contribution in [0.15, 0.2) is 60.7 Å². The third-order valence-corrected chi connectivity index (χ3v) is 5.16. The van der Waals surface area contributed by atoms with Crippen molar-refractivity contribution in [3.8, 4) is 0 Å². The van der Waals surface area contributed by atoms with Crippen molar-refractivity contribution < 1.29 is 0 Å². The van der Waals surface area contributed by atoms with E-state index < -0.39 is 0 Å². The predicted octanol–water partition coefficient (Wildman–Crippen LogP) is 3.87. The SMILES string of the molecule is CCC1(C)CN(Cc2ccccc2)C(Cc2ccccc2)CN1. The zero-order chi connectivity index (χ0) is 16.1. The number of benzene rings is 2. The van der Waals surface area contributed by atoms with E-state index in [2.05, 4.69) is 84.7 Å². The summed E-state index contributed by atoms with van der Waals surface area (Å²) in [7, 11) is 0. The molecule has 1 N–H and O–H groups in total. The molecule has 2 nitrogen and oxygen atoms in total. The van der Waals surface area contributed by atoms with Crippen LogP contribution in [0.3, 0.4) is 0 Å². The molecule has 0 aromatic heterocycles. The van der Waals surface area contributed by atoms with Crippen LogP contribution in [-0.4, -0.2) is 29.6 Å². The summed E-state index contributed by atoms with van der Waals surface area (Å²) in [6.45, 7) is 7.84. The van der Waals surface area contributed by atoms with E-state index in [1.165, 1.54) is 11.1 Å². The van der Waals surface area contributed by atoms with Gasteiger partial charge in [0.2, 0.25) is 0 Å². The summed E-state index contributed by atoms with van der Waals surface area (Å²) in [5, 5.41) is 3.79. The van der Waals surface area contributed by atoms with Gasteiger partial charge in [-0.15, -0.1) is 0 Å². The van der Waals surface area contributed by atoms with Gasteiger partial charge in [0.25, 0.3) is 0 Å². The standard InChI is InChI=1S/C21H28N2/c1-3-21(2)17-23(16-19-12-8-5-9-13-19)20(15-22-21)14-18-10-6-4-7-11-18/h4-13,20,22H,3,14-17H2,1-2H3. The lowest BCUT2D eigenvalue weighted by Crippen LogP contribution is -2.62. The van der Waals surface area contributed by atoms with E-state index in [-0.39, 0.29) is 5.54 Å². The van der Waals surface area contributed by atoms with Crippen LogP contribution >= 0.6 is 0 Å². The van der Waals surface area contributed by atoms with E-state index >= 15 is 0 Å². The fraction of sp³-hybridized carbons (Fsp3) is 0.429. The molecule has 2 aromatic rings. The van der Waals surface area contributed by atoms with E-state index in [0.717, 1.165) is 32.5 Å². The number of nitrogens with zero attached hydrogens (tertiary/aromatic N) is 1. The number of hydrogen-bond acceptors (Lipinski definition) is 2. The van der Waals surface area contributed by atoms with Crippen LogP contribution in [0.2, 0.25) is 0 Å². The highest BCUT2D eigenvalue weighted by molar-refractivity contribution is 5.18. The molecule has 0 saturated carbocycles. The average molecular weight is 308 g/mol. The Kier molecular flexibility index (Phi) is 5.14. The van der Waals surface area contributed by atoms with Crippen LogP contribution in [0.1, 0.15) is 31.4 Å². The second-order valence-corrected chi connectivity index (χ2v) is 7.03. The highest BCUT2D eigenvalue weighted by atomic mass is 15.2. The molecular formula is C21H28N2. The topological polar surface area (TPSA) is 15.3 Å². The third-order valence-electron chi connectivity index (χ3n) is 5.16. The van der Waals surface area contributed by atoms with Crippen LogP contribution in [0.25, 0.3) is 0 Å². The molecule has 2 atom stereocenters. The minimum absolute atomic E-state index is 0.224. The minimum atomic E-state index is 0.224. The molecule has 23 heavy (non-hydrogen) atoms. The van der Waals surface area contributed by atoms with Gasteiger partial charge in [-0.3, -0.25) is 4.90 Å². The summed E-state index contributed by atoms with van der Waals surface area (Å²) >= 11 is 0. The molecule has 1 heterocycles. The Hall–Kier alpha value is -1.64. The van der Waals surface area contributed by atoms with Crippen molar-refractivity contribution in [1.29, 1.82) is 0 Å².